The average molecular weight is 431 g/mol. The number of aromatic nitrogens is 1. The first-order valence-corrected chi connectivity index (χ1v) is 10.5. The Kier molecular flexibility index (Phi) is 5.06. The summed E-state index contributed by atoms with van der Waals surface area (Å²) < 4.78 is 32.6. The van der Waals surface area contributed by atoms with Gasteiger partial charge < -0.3 is 15.1 Å². The van der Waals surface area contributed by atoms with Gasteiger partial charge in [-0.25, -0.2) is 8.78 Å². The van der Waals surface area contributed by atoms with Crippen LogP contribution < -0.4 is 20.9 Å². The molecule has 1 aromatic carbocycles. The van der Waals surface area contributed by atoms with Crippen LogP contribution in [0.25, 0.3) is 6.08 Å². The molecule has 156 valence electrons. The summed E-state index contributed by atoms with van der Waals surface area (Å²) in [5, 5.41) is 7.14. The van der Waals surface area contributed by atoms with Crippen molar-refractivity contribution in [3.63, 3.8) is 0 Å². The van der Waals surface area contributed by atoms with Gasteiger partial charge in [-0.05, 0) is 37.8 Å². The Morgan fingerprint density at radius 2 is 1.83 bits per heavy atom. The highest BCUT2D eigenvalue weighted by Crippen LogP contribution is 2.31. The van der Waals surface area contributed by atoms with Crippen LogP contribution in [-0.4, -0.2) is 23.3 Å². The van der Waals surface area contributed by atoms with Crippen LogP contribution >= 0.6 is 11.6 Å². The highest BCUT2D eigenvalue weighted by molar-refractivity contribution is 6.34. The van der Waals surface area contributed by atoms with Crippen LogP contribution in [0.5, 0.6) is 5.75 Å². The quantitative estimate of drug-likeness (QED) is 0.785. The molecule has 0 atom stereocenters. The molecule has 1 aromatic heterocycles. The largest absolute Gasteiger partial charge is 0.490 e. The molecular weight excluding hydrogens is 410 g/mol. The van der Waals surface area contributed by atoms with E-state index in [2.05, 4.69) is 20.5 Å². The van der Waals surface area contributed by atoms with E-state index in [1.54, 1.807) is 0 Å². The van der Waals surface area contributed by atoms with Crippen LogP contribution in [0.1, 0.15) is 36.9 Å². The van der Waals surface area contributed by atoms with E-state index in [0.717, 1.165) is 59.4 Å². The van der Waals surface area contributed by atoms with Crippen LogP contribution in [-0.2, 0) is 6.54 Å². The van der Waals surface area contributed by atoms with E-state index in [-0.39, 0.29) is 17.8 Å². The topological polar surface area (TPSA) is 61.8 Å². The second kappa shape index (κ2) is 7.87. The third-order valence-electron chi connectivity index (χ3n) is 5.83. The number of nitrogens with one attached hydrogen (secondary N) is 2. The number of hydrogen-bond acceptors (Lipinski definition) is 4. The second-order valence-corrected chi connectivity index (χ2v) is 8.28. The number of H-pyrrole nitrogens is 1. The summed E-state index contributed by atoms with van der Waals surface area (Å²) in [7, 11) is 0. The molecule has 0 amide bonds. The van der Waals surface area contributed by atoms with Gasteiger partial charge in [-0.3, -0.25) is 4.99 Å². The summed E-state index contributed by atoms with van der Waals surface area (Å²) in [4.78, 5) is 8.14. The van der Waals surface area contributed by atoms with Gasteiger partial charge in [0, 0.05) is 34.7 Å². The van der Waals surface area contributed by atoms with E-state index in [9.17, 15) is 8.78 Å². The number of ether oxygens (including phenoxy) is 1. The Balaban J connectivity index is 1.33. The zero-order valence-electron chi connectivity index (χ0n) is 16.2. The van der Waals surface area contributed by atoms with E-state index in [1.807, 2.05) is 12.2 Å². The number of benzene rings is 1. The number of nitrogens with zero attached hydrogens (tertiary/aromatic N) is 2. The number of aromatic amines is 1. The maximum Gasteiger partial charge on any atom is 0.129 e. The fourth-order valence-corrected chi connectivity index (χ4v) is 4.62. The molecule has 2 aromatic rings. The van der Waals surface area contributed by atoms with Gasteiger partial charge in [-0.1, -0.05) is 11.6 Å². The monoisotopic (exact) mass is 430 g/mol. The minimum Gasteiger partial charge on any atom is -0.490 e. The lowest BCUT2D eigenvalue weighted by atomic mass is 9.82. The van der Waals surface area contributed by atoms with Crippen LogP contribution in [0.3, 0.4) is 0 Å². The fourth-order valence-electron chi connectivity index (χ4n) is 4.45. The summed E-state index contributed by atoms with van der Waals surface area (Å²) in [5.41, 5.74) is 6.31. The summed E-state index contributed by atoms with van der Waals surface area (Å²) >= 11 is 6.22. The summed E-state index contributed by atoms with van der Waals surface area (Å²) in [6.07, 6.45) is 7.09. The lowest BCUT2D eigenvalue weighted by Gasteiger charge is -2.30. The molecule has 8 heteroatoms. The first-order valence-electron chi connectivity index (χ1n) is 10.1. The molecule has 1 saturated carbocycles. The number of halogens is 3. The molecule has 0 unspecified atom stereocenters. The molecule has 0 spiro atoms. The zero-order valence-corrected chi connectivity index (χ0v) is 17.0. The van der Waals surface area contributed by atoms with Gasteiger partial charge in [0.1, 0.15) is 17.4 Å². The molecule has 1 fully saturated rings. The van der Waals surface area contributed by atoms with Crippen LogP contribution in [0.2, 0.25) is 0 Å². The molecule has 3 heterocycles. The van der Waals surface area contributed by atoms with Crippen molar-refractivity contribution in [2.45, 2.75) is 38.3 Å². The van der Waals surface area contributed by atoms with E-state index in [4.69, 9.17) is 16.3 Å². The standard InChI is InChI=1S/C22H21ClF2N4O/c23-13-5-6-26-21-18-11-27-29-20(22(18)28-19(21)7-13)12-1-3-16(4-2-12)30-17-9-14(24)8-15(25)10-17/h5,7-10,12,16,27-28H,1-4,6,11H2. The van der Waals surface area contributed by atoms with Gasteiger partial charge in [0.2, 0.25) is 0 Å². The van der Waals surface area contributed by atoms with Crippen molar-refractivity contribution in [3.05, 3.63) is 62.9 Å². The van der Waals surface area contributed by atoms with Gasteiger partial charge in [0.05, 0.1) is 41.3 Å². The molecule has 3 aliphatic rings. The Hall–Kier alpha value is -2.67. The summed E-state index contributed by atoms with van der Waals surface area (Å²) in [5.74, 6) is -0.742. The molecule has 2 N–H and O–H groups in total. The number of fused-ring (bicyclic) bond motifs is 3. The van der Waals surface area contributed by atoms with Crippen LogP contribution in [0.4, 0.5) is 8.78 Å². The number of hydrazone groups is 1. The van der Waals surface area contributed by atoms with Gasteiger partial charge in [-0.2, -0.15) is 5.10 Å². The Bertz CT molecular complexity index is 1140. The minimum atomic E-state index is -0.627. The number of hydrogen-bond donors (Lipinski definition) is 2. The van der Waals surface area contributed by atoms with Crippen molar-refractivity contribution in [3.8, 4) is 5.75 Å². The molecule has 0 bridgehead atoms. The average Bonchev–Trinajstić information content (AvgIpc) is 2.94. The highest BCUT2D eigenvalue weighted by Gasteiger charge is 2.31. The SMILES string of the molecule is Fc1cc(F)cc(OC2CCC(C3=NNCc4c3[nH]c3c4=NCC=C(Cl)C=3)CC2)c1. The Morgan fingerprint density at radius 1 is 1.07 bits per heavy atom. The molecule has 1 aliphatic carbocycles. The predicted octanol–water partition coefficient (Wildman–Crippen LogP) is 3.27. The lowest BCUT2D eigenvalue weighted by molar-refractivity contribution is 0.143. The highest BCUT2D eigenvalue weighted by atomic mass is 35.5. The fraction of sp³-hybridized carbons (Fsp3) is 0.364. The zero-order chi connectivity index (χ0) is 20.7. The summed E-state index contributed by atoms with van der Waals surface area (Å²) in [6.45, 7) is 1.19. The van der Waals surface area contributed by atoms with Crippen molar-refractivity contribution in [2.75, 3.05) is 6.54 Å². The predicted molar refractivity (Wildman–Crippen MR) is 111 cm³/mol. The third kappa shape index (κ3) is 3.74. The Labute approximate surface area is 177 Å². The van der Waals surface area contributed by atoms with Gasteiger partial charge in [0.25, 0.3) is 0 Å². The number of allylic oxidation sites excluding steroid dienone is 1. The maximum atomic E-state index is 13.4. The van der Waals surface area contributed by atoms with E-state index in [1.165, 1.54) is 12.1 Å². The van der Waals surface area contributed by atoms with Gasteiger partial charge >= 0.3 is 0 Å². The van der Waals surface area contributed by atoms with E-state index in [0.29, 0.717) is 18.1 Å². The smallest absolute Gasteiger partial charge is 0.129 e. The lowest BCUT2D eigenvalue weighted by Crippen LogP contribution is -2.33. The first kappa shape index (κ1) is 19.3. The molecule has 2 aliphatic heterocycles. The molecule has 30 heavy (non-hydrogen) atoms. The van der Waals surface area contributed by atoms with Crippen LogP contribution in [0, 0.1) is 17.6 Å². The second-order valence-electron chi connectivity index (χ2n) is 7.84. The molecular formula is C22H21ClF2N4O. The molecule has 5 nitrogen and oxygen atoms in total. The Morgan fingerprint density at radius 3 is 2.60 bits per heavy atom. The van der Waals surface area contributed by atoms with Crippen LogP contribution in [0.15, 0.2) is 39.4 Å². The normalized spacial score (nSPS) is 22.9. The van der Waals surface area contributed by atoms with Crippen molar-refractivity contribution in [1.82, 2.24) is 10.4 Å². The van der Waals surface area contributed by atoms with Crippen molar-refractivity contribution in [1.29, 1.82) is 0 Å². The molecule has 0 radical (unpaired) electrons. The first-order chi connectivity index (χ1) is 14.6. The van der Waals surface area contributed by atoms with Gasteiger partial charge in [0.15, 0.2) is 0 Å². The summed E-state index contributed by atoms with van der Waals surface area (Å²) in [6, 6.07) is 3.30. The van der Waals surface area contributed by atoms with Crippen molar-refractivity contribution in [2.24, 2.45) is 16.0 Å². The minimum absolute atomic E-state index is 0.0632. The third-order valence-corrected chi connectivity index (χ3v) is 6.09. The maximum absolute atomic E-state index is 13.4. The van der Waals surface area contributed by atoms with E-state index >= 15 is 0 Å². The molecule has 5 rings (SSSR count). The van der Waals surface area contributed by atoms with Crippen molar-refractivity contribution < 1.29 is 13.5 Å². The van der Waals surface area contributed by atoms with Crippen molar-refractivity contribution >= 4 is 23.4 Å². The molecule has 0 saturated heterocycles. The number of rotatable bonds is 3. The van der Waals surface area contributed by atoms with Gasteiger partial charge in [-0.15, -0.1) is 0 Å². The van der Waals surface area contributed by atoms with E-state index < -0.39 is 11.6 Å².